The number of halogens is 1. The maximum Gasteiger partial charge on any atom is 0.254 e. The second-order valence-electron chi connectivity index (χ2n) is 6.76. The third kappa shape index (κ3) is 5.43. The molecule has 4 rings (SSSR count). The minimum atomic E-state index is -0.197. The molecule has 29 heavy (non-hydrogen) atoms. The van der Waals surface area contributed by atoms with Crippen molar-refractivity contribution in [2.75, 3.05) is 19.5 Å². The summed E-state index contributed by atoms with van der Waals surface area (Å²) in [6, 6.07) is 12.3. The number of carbonyl (C=O) groups is 1. The lowest BCUT2D eigenvalue weighted by Gasteiger charge is -2.15. The molecule has 0 bridgehead atoms. The van der Waals surface area contributed by atoms with Gasteiger partial charge in [-0.2, -0.15) is 0 Å². The van der Waals surface area contributed by atoms with Crippen molar-refractivity contribution in [3.8, 4) is 5.75 Å². The van der Waals surface area contributed by atoms with E-state index >= 15 is 0 Å². The minimum absolute atomic E-state index is 0. The third-order valence-corrected chi connectivity index (χ3v) is 6.55. The zero-order valence-electron chi connectivity index (χ0n) is 16.4. The van der Waals surface area contributed by atoms with E-state index in [2.05, 4.69) is 24.9 Å². The maximum absolute atomic E-state index is 13.1. The number of hydrogen-bond acceptors (Lipinski definition) is 5. The maximum atomic E-state index is 13.1. The van der Waals surface area contributed by atoms with Gasteiger partial charge in [-0.3, -0.25) is 4.79 Å². The van der Waals surface area contributed by atoms with Crippen molar-refractivity contribution in [3.05, 3.63) is 53.8 Å². The van der Waals surface area contributed by atoms with E-state index in [4.69, 9.17) is 4.74 Å². The Bertz CT molecular complexity index is 988. The van der Waals surface area contributed by atoms with Crippen molar-refractivity contribution in [2.24, 2.45) is 0 Å². The highest BCUT2D eigenvalue weighted by Gasteiger charge is 2.24. The van der Waals surface area contributed by atoms with Crippen LogP contribution >= 0.6 is 20.6 Å². The van der Waals surface area contributed by atoms with Crippen LogP contribution in [0.15, 0.2) is 42.5 Å². The molecule has 1 aromatic heterocycles. The number of anilines is 1. The molecule has 1 aliphatic carbocycles. The fourth-order valence-electron chi connectivity index (χ4n) is 3.25. The lowest BCUT2D eigenvalue weighted by atomic mass is 10.2. The van der Waals surface area contributed by atoms with E-state index in [1.54, 1.807) is 44.5 Å². The van der Waals surface area contributed by atoms with E-state index in [0.29, 0.717) is 23.0 Å². The van der Waals surface area contributed by atoms with Crippen molar-refractivity contribution in [1.29, 1.82) is 0 Å². The Kier molecular flexibility index (Phi) is 7.40. The molecule has 0 aliphatic heterocycles. The van der Waals surface area contributed by atoms with Gasteiger partial charge in [0.2, 0.25) is 0 Å². The predicted molar refractivity (Wildman–Crippen MR) is 123 cm³/mol. The molecule has 1 unspecified atom stereocenters. The SMILES string of the molecule is CNC(=O)c1ccccc1OC.Fc1ccc2nc(N[C@H]3CCC[C@@H]3P)sc2c1.[HH]. The number of benzene rings is 2. The van der Waals surface area contributed by atoms with Crippen molar-refractivity contribution >= 4 is 41.8 Å². The molecule has 3 atom stereocenters. The first-order valence-corrected chi connectivity index (χ1v) is 10.9. The summed E-state index contributed by atoms with van der Waals surface area (Å²) in [6.45, 7) is 0. The standard InChI is InChI=1S/C12H14FN2PS.C9H11NO2.H2/c13-7-4-5-9-11(6-7)17-12(15-9)14-8-2-1-3-10(8)16;1-10-9(11)7-5-3-4-6-8(7)12-2;/h4-6,8,10H,1-3,16H2,(H,14,15);3-6H,1-2H3,(H,10,11);1H/t8-,10-;;/m0../s1. The molecule has 0 radical (unpaired) electrons. The molecule has 5 nitrogen and oxygen atoms in total. The van der Waals surface area contributed by atoms with Crippen LogP contribution in [0.5, 0.6) is 5.75 Å². The molecule has 1 saturated carbocycles. The lowest BCUT2D eigenvalue weighted by Crippen LogP contribution is -2.23. The summed E-state index contributed by atoms with van der Waals surface area (Å²) in [7, 11) is 6.03. The summed E-state index contributed by atoms with van der Waals surface area (Å²) in [6.07, 6.45) is 3.71. The number of ether oxygens (including phenoxy) is 1. The minimum Gasteiger partial charge on any atom is -0.496 e. The molecule has 1 heterocycles. The largest absolute Gasteiger partial charge is 0.496 e. The third-order valence-electron chi connectivity index (χ3n) is 4.81. The first-order valence-electron chi connectivity index (χ1n) is 9.45. The van der Waals surface area contributed by atoms with Gasteiger partial charge in [0.1, 0.15) is 11.6 Å². The fraction of sp³-hybridized carbons (Fsp3) is 0.333. The molecular weight excluding hydrogens is 408 g/mol. The van der Waals surface area contributed by atoms with E-state index in [0.717, 1.165) is 15.3 Å². The number of thiazole rings is 1. The van der Waals surface area contributed by atoms with Gasteiger partial charge in [-0.1, -0.05) is 29.9 Å². The van der Waals surface area contributed by atoms with Gasteiger partial charge in [-0.05, 0) is 48.8 Å². The van der Waals surface area contributed by atoms with Gasteiger partial charge < -0.3 is 15.4 Å². The highest BCUT2D eigenvalue weighted by molar-refractivity contribution is 7.22. The number of nitrogens with one attached hydrogen (secondary N) is 2. The lowest BCUT2D eigenvalue weighted by molar-refractivity contribution is 0.0960. The number of fused-ring (bicyclic) bond motifs is 1. The van der Waals surface area contributed by atoms with Crippen LogP contribution in [-0.4, -0.2) is 36.7 Å². The fourth-order valence-corrected chi connectivity index (χ4v) is 4.73. The van der Waals surface area contributed by atoms with Gasteiger partial charge in [0.05, 0.1) is 22.9 Å². The van der Waals surface area contributed by atoms with Crippen LogP contribution < -0.4 is 15.4 Å². The smallest absolute Gasteiger partial charge is 0.254 e. The molecule has 0 spiro atoms. The summed E-state index contributed by atoms with van der Waals surface area (Å²) in [4.78, 5) is 15.7. The van der Waals surface area contributed by atoms with Crippen LogP contribution in [0.3, 0.4) is 0 Å². The Morgan fingerprint density at radius 3 is 2.79 bits per heavy atom. The molecule has 8 heteroatoms. The second-order valence-corrected chi connectivity index (χ2v) is 8.64. The number of para-hydroxylation sites is 1. The van der Waals surface area contributed by atoms with E-state index in [-0.39, 0.29) is 13.2 Å². The normalized spacial score (nSPS) is 18.1. The van der Waals surface area contributed by atoms with Crippen LogP contribution in [-0.2, 0) is 0 Å². The topological polar surface area (TPSA) is 63.2 Å². The average molecular weight is 436 g/mol. The number of rotatable bonds is 4. The molecule has 2 N–H and O–H groups in total. The highest BCUT2D eigenvalue weighted by atomic mass is 32.1. The van der Waals surface area contributed by atoms with Crippen LogP contribution in [0.4, 0.5) is 9.52 Å². The summed E-state index contributed by atoms with van der Waals surface area (Å²) in [5, 5.41) is 6.91. The molecule has 1 amide bonds. The summed E-state index contributed by atoms with van der Waals surface area (Å²) < 4.78 is 19.0. The summed E-state index contributed by atoms with van der Waals surface area (Å²) in [5.41, 5.74) is 2.05. The van der Waals surface area contributed by atoms with Crippen LogP contribution in [0.2, 0.25) is 0 Å². The van der Waals surface area contributed by atoms with Gasteiger partial charge in [0.25, 0.3) is 5.91 Å². The van der Waals surface area contributed by atoms with Crippen LogP contribution in [0.1, 0.15) is 31.0 Å². The number of methoxy groups -OCH3 is 1. The molecule has 1 fully saturated rings. The van der Waals surface area contributed by atoms with Gasteiger partial charge >= 0.3 is 0 Å². The molecule has 2 aromatic carbocycles. The molecular formula is C21H27FN3O2PS. The van der Waals surface area contributed by atoms with Gasteiger partial charge in [-0.15, -0.1) is 9.24 Å². The average Bonchev–Trinajstić information content (AvgIpc) is 3.33. The van der Waals surface area contributed by atoms with Crippen LogP contribution in [0.25, 0.3) is 10.2 Å². The summed E-state index contributed by atoms with van der Waals surface area (Å²) >= 11 is 1.53. The Labute approximate surface area is 177 Å². The van der Waals surface area contributed by atoms with Crippen molar-refractivity contribution in [2.45, 2.75) is 31.0 Å². The monoisotopic (exact) mass is 435 g/mol. The first kappa shape index (κ1) is 21.5. The van der Waals surface area contributed by atoms with E-state index in [1.165, 1.54) is 36.7 Å². The van der Waals surface area contributed by atoms with Crippen LogP contribution in [0, 0.1) is 5.82 Å². The van der Waals surface area contributed by atoms with Gasteiger partial charge in [0, 0.05) is 14.5 Å². The van der Waals surface area contributed by atoms with E-state index in [9.17, 15) is 9.18 Å². The highest BCUT2D eigenvalue weighted by Crippen LogP contribution is 2.32. The zero-order chi connectivity index (χ0) is 20.8. The molecule has 1 aliphatic rings. The zero-order valence-corrected chi connectivity index (χ0v) is 18.4. The van der Waals surface area contributed by atoms with Crippen molar-refractivity contribution in [1.82, 2.24) is 10.3 Å². The second kappa shape index (κ2) is 9.99. The number of carbonyl (C=O) groups excluding carboxylic acids is 1. The molecule has 156 valence electrons. The molecule has 3 aromatic rings. The van der Waals surface area contributed by atoms with Crippen molar-refractivity contribution in [3.63, 3.8) is 0 Å². The molecule has 0 saturated heterocycles. The van der Waals surface area contributed by atoms with Gasteiger partial charge in [0.15, 0.2) is 5.13 Å². The number of nitrogens with zero attached hydrogens (tertiary/aromatic N) is 1. The van der Waals surface area contributed by atoms with E-state index < -0.39 is 0 Å². The quantitative estimate of drug-likeness (QED) is 0.570. The Morgan fingerprint density at radius 1 is 1.31 bits per heavy atom. The summed E-state index contributed by atoms with van der Waals surface area (Å²) in [5.74, 6) is 0.266. The number of aromatic nitrogens is 1. The Hall–Kier alpha value is -2.24. The Morgan fingerprint density at radius 2 is 2.10 bits per heavy atom. The first-order chi connectivity index (χ1) is 14.0. The Balaban J connectivity index is 0.000000220. The predicted octanol–water partition coefficient (Wildman–Crippen LogP) is 4.94. The number of hydrogen-bond donors (Lipinski definition) is 2. The number of amides is 1. The van der Waals surface area contributed by atoms with Gasteiger partial charge in [-0.25, -0.2) is 9.37 Å². The van der Waals surface area contributed by atoms with Crippen molar-refractivity contribution < 1.29 is 15.3 Å². The van der Waals surface area contributed by atoms with E-state index in [1.807, 2.05) is 6.07 Å².